The van der Waals surface area contributed by atoms with Gasteiger partial charge in [0, 0.05) is 11.5 Å². The molecule has 1 aromatic rings. The number of H-pyrrole nitrogens is 1. The molecule has 17 heavy (non-hydrogen) atoms. The summed E-state index contributed by atoms with van der Waals surface area (Å²) in [5.41, 5.74) is -0.112. The molecule has 0 aliphatic heterocycles. The summed E-state index contributed by atoms with van der Waals surface area (Å²) in [6, 6.07) is 0.305. The van der Waals surface area contributed by atoms with Crippen molar-refractivity contribution in [2.75, 3.05) is 0 Å². The highest BCUT2D eigenvalue weighted by molar-refractivity contribution is 5.90. The second kappa shape index (κ2) is 4.47. The smallest absolute Gasteiger partial charge is 0.291 e. The number of nitrogens with zero attached hydrogens (tertiary/aromatic N) is 2. The Morgan fingerprint density at radius 3 is 2.53 bits per heavy atom. The topological polar surface area (TPSA) is 70.7 Å². The van der Waals surface area contributed by atoms with Crippen molar-refractivity contribution >= 4 is 5.91 Å². The Hall–Kier alpha value is -1.39. The van der Waals surface area contributed by atoms with E-state index in [-0.39, 0.29) is 17.1 Å². The highest BCUT2D eigenvalue weighted by Crippen LogP contribution is 2.19. The third-order valence-electron chi connectivity index (χ3n) is 3.09. The molecule has 0 atom stereocenters. The van der Waals surface area contributed by atoms with Crippen molar-refractivity contribution in [1.82, 2.24) is 20.5 Å². The fraction of sp³-hybridized carbons (Fsp3) is 0.750. The molecule has 1 aromatic heterocycles. The maximum atomic E-state index is 11.9. The first-order chi connectivity index (χ1) is 7.97. The molecule has 2 rings (SSSR count). The average Bonchev–Trinajstić information content (AvgIpc) is 2.85. The Kier molecular flexibility index (Phi) is 3.17. The second-order valence-electron chi connectivity index (χ2n) is 5.71. The highest BCUT2D eigenvalue weighted by atomic mass is 16.2. The normalized spacial score (nSPS) is 17.4. The molecule has 1 aliphatic carbocycles. The minimum absolute atomic E-state index is 0.112. The Morgan fingerprint density at radius 2 is 2.00 bits per heavy atom. The van der Waals surface area contributed by atoms with E-state index in [1.807, 2.05) is 20.8 Å². The predicted octanol–water partition coefficient (Wildman–Crippen LogP) is 1.77. The van der Waals surface area contributed by atoms with Crippen molar-refractivity contribution in [2.24, 2.45) is 0 Å². The second-order valence-corrected chi connectivity index (χ2v) is 5.71. The maximum Gasteiger partial charge on any atom is 0.291 e. The molecule has 0 bridgehead atoms. The molecule has 0 saturated heterocycles. The zero-order valence-electron chi connectivity index (χ0n) is 10.7. The van der Waals surface area contributed by atoms with E-state index in [9.17, 15) is 4.79 Å². The summed E-state index contributed by atoms with van der Waals surface area (Å²) in [4.78, 5) is 16.1. The minimum atomic E-state index is -0.163. The van der Waals surface area contributed by atoms with Crippen molar-refractivity contribution in [3.05, 3.63) is 11.6 Å². The van der Waals surface area contributed by atoms with Crippen LogP contribution in [0.3, 0.4) is 0 Å². The molecule has 2 N–H and O–H groups in total. The SMILES string of the molecule is CC(C)(C)c1nc(C(=O)NC2CCCC2)n[nH]1. The molecule has 1 saturated carbocycles. The summed E-state index contributed by atoms with van der Waals surface area (Å²) in [6.07, 6.45) is 4.54. The minimum Gasteiger partial charge on any atom is -0.347 e. The van der Waals surface area contributed by atoms with Crippen LogP contribution in [0.25, 0.3) is 0 Å². The van der Waals surface area contributed by atoms with Crippen LogP contribution in [-0.2, 0) is 5.41 Å². The first-order valence-corrected chi connectivity index (χ1v) is 6.20. The van der Waals surface area contributed by atoms with Gasteiger partial charge in [0.15, 0.2) is 0 Å². The number of carbonyl (C=O) groups is 1. The molecule has 1 fully saturated rings. The highest BCUT2D eigenvalue weighted by Gasteiger charge is 2.23. The number of aromatic nitrogens is 3. The summed E-state index contributed by atoms with van der Waals surface area (Å²) >= 11 is 0. The lowest BCUT2D eigenvalue weighted by atomic mass is 9.96. The summed E-state index contributed by atoms with van der Waals surface area (Å²) in [5, 5.41) is 9.78. The molecule has 0 spiro atoms. The lowest BCUT2D eigenvalue weighted by molar-refractivity contribution is 0.0927. The molecule has 5 heteroatoms. The van der Waals surface area contributed by atoms with Crippen LogP contribution in [0.5, 0.6) is 0 Å². The fourth-order valence-corrected chi connectivity index (χ4v) is 2.02. The zero-order valence-corrected chi connectivity index (χ0v) is 10.7. The van der Waals surface area contributed by atoms with Crippen molar-refractivity contribution in [3.63, 3.8) is 0 Å². The van der Waals surface area contributed by atoms with Crippen LogP contribution in [0.4, 0.5) is 0 Å². The molecule has 0 unspecified atom stereocenters. The average molecular weight is 236 g/mol. The summed E-state index contributed by atoms with van der Waals surface area (Å²) in [5.74, 6) is 0.833. The van der Waals surface area contributed by atoms with Crippen LogP contribution < -0.4 is 5.32 Å². The zero-order chi connectivity index (χ0) is 12.5. The van der Waals surface area contributed by atoms with E-state index in [0.717, 1.165) is 18.7 Å². The predicted molar refractivity (Wildman–Crippen MR) is 64.8 cm³/mol. The summed E-state index contributed by atoms with van der Waals surface area (Å²) in [7, 11) is 0. The van der Waals surface area contributed by atoms with Crippen molar-refractivity contribution in [2.45, 2.75) is 57.9 Å². The van der Waals surface area contributed by atoms with Crippen LogP contribution >= 0.6 is 0 Å². The van der Waals surface area contributed by atoms with Crippen LogP contribution in [0.2, 0.25) is 0 Å². The summed E-state index contributed by atoms with van der Waals surface area (Å²) in [6.45, 7) is 6.10. The van der Waals surface area contributed by atoms with Gasteiger partial charge in [0.25, 0.3) is 5.91 Å². The number of aromatic amines is 1. The van der Waals surface area contributed by atoms with Crippen molar-refractivity contribution in [3.8, 4) is 0 Å². The fourth-order valence-electron chi connectivity index (χ4n) is 2.02. The van der Waals surface area contributed by atoms with Gasteiger partial charge in [-0.1, -0.05) is 33.6 Å². The van der Waals surface area contributed by atoms with Gasteiger partial charge in [0.1, 0.15) is 5.82 Å². The largest absolute Gasteiger partial charge is 0.347 e. The van der Waals surface area contributed by atoms with Crippen molar-refractivity contribution in [1.29, 1.82) is 0 Å². The Bertz CT molecular complexity index is 399. The van der Waals surface area contributed by atoms with Gasteiger partial charge in [0.2, 0.25) is 5.82 Å². The molecular weight excluding hydrogens is 216 g/mol. The number of nitrogens with one attached hydrogen (secondary N) is 2. The number of carbonyl (C=O) groups excluding carboxylic acids is 1. The first kappa shape index (κ1) is 12.1. The Balaban J connectivity index is 2.01. The van der Waals surface area contributed by atoms with Gasteiger partial charge < -0.3 is 5.32 Å². The van der Waals surface area contributed by atoms with E-state index in [0.29, 0.717) is 6.04 Å². The van der Waals surface area contributed by atoms with E-state index >= 15 is 0 Å². The number of hydrogen-bond donors (Lipinski definition) is 2. The molecule has 5 nitrogen and oxygen atoms in total. The van der Waals surface area contributed by atoms with Gasteiger partial charge in [-0.15, -0.1) is 5.10 Å². The van der Waals surface area contributed by atoms with E-state index in [2.05, 4.69) is 20.5 Å². The number of amides is 1. The van der Waals surface area contributed by atoms with Gasteiger partial charge in [-0.3, -0.25) is 9.89 Å². The molecule has 0 aromatic carbocycles. The quantitative estimate of drug-likeness (QED) is 0.822. The van der Waals surface area contributed by atoms with Gasteiger partial charge >= 0.3 is 0 Å². The monoisotopic (exact) mass is 236 g/mol. The van der Waals surface area contributed by atoms with Gasteiger partial charge in [-0.2, -0.15) is 0 Å². The molecular formula is C12H20N4O. The van der Waals surface area contributed by atoms with E-state index in [4.69, 9.17) is 0 Å². The molecule has 94 valence electrons. The molecule has 1 amide bonds. The van der Waals surface area contributed by atoms with Gasteiger partial charge in [-0.05, 0) is 12.8 Å². The third kappa shape index (κ3) is 2.84. The van der Waals surface area contributed by atoms with Gasteiger partial charge in [-0.25, -0.2) is 4.98 Å². The van der Waals surface area contributed by atoms with E-state index in [1.165, 1.54) is 12.8 Å². The van der Waals surface area contributed by atoms with Crippen LogP contribution in [0.15, 0.2) is 0 Å². The summed E-state index contributed by atoms with van der Waals surface area (Å²) < 4.78 is 0. The van der Waals surface area contributed by atoms with Gasteiger partial charge in [0.05, 0.1) is 0 Å². The van der Waals surface area contributed by atoms with Crippen LogP contribution in [0.1, 0.15) is 62.9 Å². The molecule has 1 heterocycles. The lowest BCUT2D eigenvalue weighted by Crippen LogP contribution is -2.33. The third-order valence-corrected chi connectivity index (χ3v) is 3.09. The standard InChI is InChI=1S/C12H20N4O/c1-12(2,3)11-14-9(15-16-11)10(17)13-8-6-4-5-7-8/h8H,4-7H2,1-3H3,(H,13,17)(H,14,15,16). The van der Waals surface area contributed by atoms with Crippen LogP contribution in [-0.4, -0.2) is 27.1 Å². The number of rotatable bonds is 2. The molecule has 1 aliphatic rings. The van der Waals surface area contributed by atoms with E-state index < -0.39 is 0 Å². The first-order valence-electron chi connectivity index (χ1n) is 6.20. The maximum absolute atomic E-state index is 11.9. The van der Waals surface area contributed by atoms with Crippen molar-refractivity contribution < 1.29 is 4.79 Å². The molecule has 0 radical (unpaired) electrons. The lowest BCUT2D eigenvalue weighted by Gasteiger charge is -2.13. The van der Waals surface area contributed by atoms with Crippen LogP contribution in [0, 0.1) is 0 Å². The number of hydrogen-bond acceptors (Lipinski definition) is 3. The Labute approximate surface area is 101 Å². The Morgan fingerprint density at radius 1 is 1.35 bits per heavy atom. The van der Waals surface area contributed by atoms with E-state index in [1.54, 1.807) is 0 Å².